The average molecular weight is 252 g/mol. The van der Waals surface area contributed by atoms with Crippen molar-refractivity contribution in [2.45, 2.75) is 32.7 Å². The van der Waals surface area contributed by atoms with Crippen molar-refractivity contribution in [3.05, 3.63) is 0 Å². The molecule has 0 fully saturated rings. The summed E-state index contributed by atoms with van der Waals surface area (Å²) >= 11 is 0. The molecule has 0 aromatic rings. The maximum absolute atomic E-state index is 11.4. The van der Waals surface area contributed by atoms with E-state index in [0.29, 0.717) is 12.3 Å². The van der Waals surface area contributed by atoms with Gasteiger partial charge in [-0.2, -0.15) is 0 Å². The summed E-state index contributed by atoms with van der Waals surface area (Å²) in [4.78, 5) is 28.5. The minimum atomic E-state index is -3.95. The van der Waals surface area contributed by atoms with Gasteiger partial charge in [0, 0.05) is 6.54 Å². The normalized spacial score (nSPS) is 13.9. The van der Waals surface area contributed by atoms with E-state index in [1.165, 1.54) is 0 Å². The SMILES string of the molecule is CC(C)C[C@H](N)C(=O)NCCCP(=O)(O)O. The van der Waals surface area contributed by atoms with Crippen LogP contribution in [0.4, 0.5) is 0 Å². The highest BCUT2D eigenvalue weighted by molar-refractivity contribution is 7.51. The number of nitrogens with two attached hydrogens (primary N) is 1. The van der Waals surface area contributed by atoms with Crippen molar-refractivity contribution in [1.82, 2.24) is 5.32 Å². The van der Waals surface area contributed by atoms with Crippen LogP contribution in [0.5, 0.6) is 0 Å². The molecule has 0 unspecified atom stereocenters. The summed E-state index contributed by atoms with van der Waals surface area (Å²) in [6, 6.07) is -0.546. The molecular formula is C9H21N2O4P. The van der Waals surface area contributed by atoms with Gasteiger partial charge in [-0.3, -0.25) is 9.36 Å². The second-order valence-corrected chi connectivity index (χ2v) is 6.05. The molecule has 0 aromatic heterocycles. The van der Waals surface area contributed by atoms with Crippen molar-refractivity contribution in [1.29, 1.82) is 0 Å². The van der Waals surface area contributed by atoms with Crippen molar-refractivity contribution in [2.24, 2.45) is 11.7 Å². The topological polar surface area (TPSA) is 113 Å². The Bertz CT molecular complexity index is 264. The molecule has 1 atom stereocenters. The number of hydrogen-bond acceptors (Lipinski definition) is 3. The van der Waals surface area contributed by atoms with Crippen molar-refractivity contribution >= 4 is 13.5 Å². The van der Waals surface area contributed by atoms with Crippen LogP contribution in [0.2, 0.25) is 0 Å². The third kappa shape index (κ3) is 8.85. The van der Waals surface area contributed by atoms with Crippen molar-refractivity contribution < 1.29 is 19.1 Å². The number of nitrogens with one attached hydrogen (secondary N) is 1. The fraction of sp³-hybridized carbons (Fsp3) is 0.889. The average Bonchev–Trinajstić information content (AvgIpc) is 2.09. The van der Waals surface area contributed by atoms with Gasteiger partial charge in [-0.25, -0.2) is 0 Å². The molecule has 0 saturated heterocycles. The Morgan fingerprint density at radius 2 is 2.00 bits per heavy atom. The van der Waals surface area contributed by atoms with Crippen molar-refractivity contribution in [2.75, 3.05) is 12.7 Å². The van der Waals surface area contributed by atoms with Crippen LogP contribution in [0.25, 0.3) is 0 Å². The Morgan fingerprint density at radius 3 is 2.44 bits per heavy atom. The fourth-order valence-electron chi connectivity index (χ4n) is 1.24. The van der Waals surface area contributed by atoms with Crippen LogP contribution < -0.4 is 11.1 Å². The first-order valence-corrected chi connectivity index (χ1v) is 7.10. The van der Waals surface area contributed by atoms with Crippen molar-refractivity contribution in [3.8, 4) is 0 Å². The van der Waals surface area contributed by atoms with Crippen LogP contribution in [0.3, 0.4) is 0 Å². The van der Waals surface area contributed by atoms with E-state index in [2.05, 4.69) is 5.32 Å². The Labute approximate surface area is 95.8 Å². The zero-order valence-electron chi connectivity index (χ0n) is 9.72. The molecule has 0 rings (SSSR count). The van der Waals surface area contributed by atoms with E-state index >= 15 is 0 Å². The lowest BCUT2D eigenvalue weighted by atomic mass is 10.0. The first-order valence-electron chi connectivity index (χ1n) is 5.30. The maximum atomic E-state index is 11.4. The molecule has 0 aliphatic heterocycles. The Kier molecular flexibility index (Phi) is 6.83. The van der Waals surface area contributed by atoms with Gasteiger partial charge in [-0.1, -0.05) is 13.8 Å². The summed E-state index contributed by atoms with van der Waals surface area (Å²) in [5.41, 5.74) is 5.62. The summed E-state index contributed by atoms with van der Waals surface area (Å²) in [5.74, 6) is 0.0789. The third-order valence-corrected chi connectivity index (χ3v) is 2.89. The Balaban J connectivity index is 3.69. The van der Waals surface area contributed by atoms with Gasteiger partial charge in [0.2, 0.25) is 5.91 Å². The van der Waals surface area contributed by atoms with Gasteiger partial charge < -0.3 is 20.8 Å². The summed E-state index contributed by atoms with van der Waals surface area (Å²) in [7, 11) is -3.95. The summed E-state index contributed by atoms with van der Waals surface area (Å²) < 4.78 is 10.5. The lowest BCUT2D eigenvalue weighted by Gasteiger charge is -2.14. The van der Waals surface area contributed by atoms with E-state index in [9.17, 15) is 9.36 Å². The molecule has 16 heavy (non-hydrogen) atoms. The molecule has 0 saturated carbocycles. The molecule has 1 amide bonds. The van der Waals surface area contributed by atoms with Crippen molar-refractivity contribution in [3.63, 3.8) is 0 Å². The maximum Gasteiger partial charge on any atom is 0.325 e. The van der Waals surface area contributed by atoms with Gasteiger partial charge in [0.1, 0.15) is 0 Å². The smallest absolute Gasteiger partial charge is 0.325 e. The van der Waals surface area contributed by atoms with Gasteiger partial charge in [0.15, 0.2) is 0 Å². The molecule has 5 N–H and O–H groups in total. The second-order valence-electron chi connectivity index (χ2n) is 4.27. The molecule has 0 radical (unpaired) electrons. The highest BCUT2D eigenvalue weighted by Gasteiger charge is 2.15. The zero-order valence-corrected chi connectivity index (χ0v) is 10.6. The van der Waals surface area contributed by atoms with Gasteiger partial charge in [0.25, 0.3) is 0 Å². The van der Waals surface area contributed by atoms with E-state index < -0.39 is 13.6 Å². The molecule has 6 nitrogen and oxygen atoms in total. The van der Waals surface area contributed by atoms with E-state index in [-0.39, 0.29) is 25.0 Å². The first-order chi connectivity index (χ1) is 7.22. The summed E-state index contributed by atoms with van der Waals surface area (Å²) in [5, 5.41) is 2.55. The van der Waals surface area contributed by atoms with Gasteiger partial charge in [-0.15, -0.1) is 0 Å². The summed E-state index contributed by atoms with van der Waals surface area (Å²) in [6.45, 7) is 4.19. The van der Waals surface area contributed by atoms with Crippen LogP contribution in [-0.4, -0.2) is 34.4 Å². The Morgan fingerprint density at radius 1 is 1.44 bits per heavy atom. The molecule has 7 heteroatoms. The lowest BCUT2D eigenvalue weighted by Crippen LogP contribution is -2.41. The quantitative estimate of drug-likeness (QED) is 0.377. The minimum absolute atomic E-state index is 0.216. The predicted molar refractivity (Wildman–Crippen MR) is 62.0 cm³/mol. The Hall–Kier alpha value is -0.420. The lowest BCUT2D eigenvalue weighted by molar-refractivity contribution is -0.122. The van der Waals surface area contributed by atoms with Crippen LogP contribution in [0.1, 0.15) is 26.7 Å². The number of amides is 1. The molecular weight excluding hydrogens is 231 g/mol. The zero-order chi connectivity index (χ0) is 12.8. The fourth-order valence-corrected chi connectivity index (χ4v) is 1.81. The number of carbonyl (C=O) groups excluding carboxylic acids is 1. The number of hydrogen-bond donors (Lipinski definition) is 4. The highest BCUT2D eigenvalue weighted by Crippen LogP contribution is 2.34. The predicted octanol–water partition coefficient (Wildman–Crippen LogP) is 0.0438. The van der Waals surface area contributed by atoms with E-state index in [1.807, 2.05) is 13.8 Å². The highest BCUT2D eigenvalue weighted by atomic mass is 31.2. The van der Waals surface area contributed by atoms with Crippen LogP contribution in [-0.2, 0) is 9.36 Å². The van der Waals surface area contributed by atoms with Gasteiger partial charge >= 0.3 is 7.60 Å². The van der Waals surface area contributed by atoms with Crippen LogP contribution in [0.15, 0.2) is 0 Å². The van der Waals surface area contributed by atoms with Crippen LogP contribution >= 0.6 is 7.60 Å². The minimum Gasteiger partial charge on any atom is -0.355 e. The molecule has 0 bridgehead atoms. The monoisotopic (exact) mass is 252 g/mol. The van der Waals surface area contributed by atoms with E-state index in [4.69, 9.17) is 15.5 Å². The first kappa shape index (κ1) is 15.6. The third-order valence-electron chi connectivity index (χ3n) is 1.99. The van der Waals surface area contributed by atoms with E-state index in [1.54, 1.807) is 0 Å². The molecule has 96 valence electrons. The number of carbonyl (C=O) groups is 1. The molecule has 0 aliphatic carbocycles. The molecule has 0 spiro atoms. The van der Waals surface area contributed by atoms with Gasteiger partial charge in [-0.05, 0) is 18.8 Å². The largest absolute Gasteiger partial charge is 0.355 e. The summed E-state index contributed by atoms with van der Waals surface area (Å²) in [6.07, 6.45) is 0.640. The second kappa shape index (κ2) is 7.01. The standard InChI is InChI=1S/C9H21N2O4P/c1-7(2)6-8(10)9(12)11-4-3-5-16(13,14)15/h7-8H,3-6,10H2,1-2H3,(H,11,12)(H2,13,14,15)/t8-/m0/s1. The van der Waals surface area contributed by atoms with E-state index in [0.717, 1.165) is 0 Å². The molecule has 0 aliphatic rings. The van der Waals surface area contributed by atoms with Crippen LogP contribution in [0, 0.1) is 5.92 Å². The molecule has 0 heterocycles. The molecule has 0 aromatic carbocycles. The number of rotatable bonds is 7. The van der Waals surface area contributed by atoms with Gasteiger partial charge in [0.05, 0.1) is 12.2 Å².